The fourth-order valence-corrected chi connectivity index (χ4v) is 3.07. The van der Waals surface area contributed by atoms with E-state index in [1.807, 2.05) is 24.3 Å². The number of amides is 1. The summed E-state index contributed by atoms with van der Waals surface area (Å²) in [7, 11) is 1.65. The van der Waals surface area contributed by atoms with Crippen molar-refractivity contribution in [3.63, 3.8) is 0 Å². The Morgan fingerprint density at radius 3 is 2.59 bits per heavy atom. The number of nitrogens with one attached hydrogen (secondary N) is 1. The molecule has 0 saturated carbocycles. The number of carbonyl (C=O) groups is 1. The molecule has 3 rings (SSSR count). The van der Waals surface area contributed by atoms with Gasteiger partial charge in [0.05, 0.1) is 18.6 Å². The lowest BCUT2D eigenvalue weighted by Gasteiger charge is -2.35. The second kappa shape index (κ2) is 8.50. The molecule has 8 nitrogen and oxygen atoms in total. The van der Waals surface area contributed by atoms with Gasteiger partial charge in [-0.05, 0) is 18.2 Å². The number of nitro groups is 1. The van der Waals surface area contributed by atoms with Gasteiger partial charge in [0.1, 0.15) is 5.75 Å². The summed E-state index contributed by atoms with van der Waals surface area (Å²) in [6.07, 6.45) is 0. The number of nitrogens with zero attached hydrogens (tertiary/aromatic N) is 3. The van der Waals surface area contributed by atoms with E-state index in [1.165, 1.54) is 12.1 Å². The first kappa shape index (κ1) is 18.7. The number of benzene rings is 2. The quantitative estimate of drug-likeness (QED) is 0.620. The minimum atomic E-state index is -0.479. The average molecular weight is 370 g/mol. The van der Waals surface area contributed by atoms with Gasteiger partial charge in [-0.2, -0.15) is 0 Å². The van der Waals surface area contributed by atoms with Crippen LogP contribution in [0.3, 0.4) is 0 Å². The Hall–Kier alpha value is -3.13. The van der Waals surface area contributed by atoms with Crippen molar-refractivity contribution in [2.45, 2.75) is 0 Å². The second-order valence-corrected chi connectivity index (χ2v) is 6.32. The summed E-state index contributed by atoms with van der Waals surface area (Å²) in [5, 5.41) is 13.5. The fraction of sp³-hybridized carbons (Fsp3) is 0.316. The van der Waals surface area contributed by atoms with Crippen molar-refractivity contribution < 1.29 is 14.5 Å². The van der Waals surface area contributed by atoms with Crippen LogP contribution in [0, 0.1) is 10.1 Å². The van der Waals surface area contributed by atoms with Crippen LogP contribution in [0.2, 0.25) is 0 Å². The molecule has 2 aromatic rings. The molecular formula is C19H22N4O4. The predicted octanol–water partition coefficient (Wildman–Crippen LogP) is 2.36. The Bertz CT molecular complexity index is 819. The van der Waals surface area contributed by atoms with Crippen LogP contribution in [0.25, 0.3) is 0 Å². The van der Waals surface area contributed by atoms with Crippen molar-refractivity contribution in [1.82, 2.24) is 4.90 Å². The molecule has 1 amide bonds. The van der Waals surface area contributed by atoms with Crippen molar-refractivity contribution in [2.24, 2.45) is 0 Å². The van der Waals surface area contributed by atoms with Crippen molar-refractivity contribution in [3.8, 4) is 5.75 Å². The van der Waals surface area contributed by atoms with E-state index in [1.54, 1.807) is 19.2 Å². The van der Waals surface area contributed by atoms with Crippen molar-refractivity contribution in [1.29, 1.82) is 0 Å². The molecule has 1 aliphatic heterocycles. The molecule has 0 aliphatic carbocycles. The summed E-state index contributed by atoms with van der Waals surface area (Å²) in [6, 6.07) is 13.9. The van der Waals surface area contributed by atoms with Crippen LogP contribution in [0.15, 0.2) is 48.5 Å². The third-order valence-corrected chi connectivity index (χ3v) is 4.50. The monoisotopic (exact) mass is 370 g/mol. The lowest BCUT2D eigenvalue weighted by Crippen LogP contribution is -2.48. The van der Waals surface area contributed by atoms with Gasteiger partial charge in [0.25, 0.3) is 5.69 Å². The lowest BCUT2D eigenvalue weighted by atomic mass is 10.2. The molecule has 8 heteroatoms. The highest BCUT2D eigenvalue weighted by Gasteiger charge is 2.20. The number of anilines is 2. The summed E-state index contributed by atoms with van der Waals surface area (Å²) >= 11 is 0. The number of hydrogen-bond acceptors (Lipinski definition) is 6. The van der Waals surface area contributed by atoms with Gasteiger partial charge in [0.15, 0.2) is 0 Å². The molecule has 0 atom stereocenters. The molecule has 27 heavy (non-hydrogen) atoms. The van der Waals surface area contributed by atoms with E-state index in [9.17, 15) is 14.9 Å². The number of rotatable bonds is 6. The van der Waals surface area contributed by atoms with Crippen molar-refractivity contribution in [3.05, 3.63) is 58.6 Å². The highest BCUT2D eigenvalue weighted by atomic mass is 16.6. The number of methoxy groups -OCH3 is 1. The number of piperazine rings is 1. The van der Waals surface area contributed by atoms with Crippen LogP contribution in [-0.4, -0.2) is 55.6 Å². The molecule has 0 unspecified atom stereocenters. The van der Waals surface area contributed by atoms with Gasteiger partial charge in [-0.25, -0.2) is 0 Å². The molecule has 1 heterocycles. The maximum Gasteiger partial charge on any atom is 0.271 e. The second-order valence-electron chi connectivity index (χ2n) is 6.32. The molecule has 142 valence electrons. The lowest BCUT2D eigenvalue weighted by molar-refractivity contribution is -0.384. The Balaban J connectivity index is 1.50. The van der Waals surface area contributed by atoms with Crippen LogP contribution < -0.4 is 15.0 Å². The van der Waals surface area contributed by atoms with Crippen LogP contribution in [-0.2, 0) is 4.79 Å². The maximum atomic E-state index is 12.2. The van der Waals surface area contributed by atoms with Crippen molar-refractivity contribution in [2.75, 3.05) is 50.1 Å². The van der Waals surface area contributed by atoms with E-state index >= 15 is 0 Å². The standard InChI is InChI=1S/C19H22N4O4/c1-27-18-7-3-5-16(13-18)22-10-8-21(9-11-22)14-19(24)20-15-4-2-6-17(12-15)23(25)26/h2-7,12-13H,8-11,14H2,1H3,(H,20,24). The first-order chi connectivity index (χ1) is 13.0. The smallest absolute Gasteiger partial charge is 0.271 e. The molecule has 2 aromatic carbocycles. The van der Waals surface area contributed by atoms with Crippen LogP contribution >= 0.6 is 0 Å². The molecule has 0 radical (unpaired) electrons. The summed E-state index contributed by atoms with van der Waals surface area (Å²) in [5.74, 6) is 0.650. The van der Waals surface area contributed by atoms with E-state index in [4.69, 9.17) is 4.74 Å². The number of non-ortho nitro benzene ring substituents is 1. The molecule has 1 N–H and O–H groups in total. The molecule has 1 saturated heterocycles. The van der Waals surface area contributed by atoms with Crippen LogP contribution in [0.4, 0.5) is 17.1 Å². The number of nitro benzene ring substituents is 1. The minimum Gasteiger partial charge on any atom is -0.497 e. The van der Waals surface area contributed by atoms with E-state index < -0.39 is 4.92 Å². The Kier molecular flexibility index (Phi) is 5.87. The molecule has 0 spiro atoms. The summed E-state index contributed by atoms with van der Waals surface area (Å²) in [5.41, 5.74) is 1.50. The highest BCUT2D eigenvalue weighted by molar-refractivity contribution is 5.92. The van der Waals surface area contributed by atoms with Gasteiger partial charge >= 0.3 is 0 Å². The van der Waals surface area contributed by atoms with Crippen molar-refractivity contribution >= 4 is 23.0 Å². The number of hydrogen-bond donors (Lipinski definition) is 1. The number of carbonyl (C=O) groups excluding carboxylic acids is 1. The Morgan fingerprint density at radius 1 is 1.15 bits per heavy atom. The molecule has 1 aliphatic rings. The van der Waals surface area contributed by atoms with E-state index in [0.717, 1.165) is 37.6 Å². The molecule has 0 aromatic heterocycles. The van der Waals surface area contributed by atoms with Gasteiger partial charge in [0, 0.05) is 55.8 Å². The van der Waals surface area contributed by atoms with Crippen LogP contribution in [0.5, 0.6) is 5.75 Å². The minimum absolute atomic E-state index is 0.0419. The number of ether oxygens (including phenoxy) is 1. The Labute approximate surface area is 157 Å². The van der Waals surface area contributed by atoms with E-state index in [0.29, 0.717) is 5.69 Å². The summed E-state index contributed by atoms with van der Waals surface area (Å²) in [6.45, 7) is 3.42. The topological polar surface area (TPSA) is 88.0 Å². The van der Waals surface area contributed by atoms with Gasteiger partial charge in [-0.15, -0.1) is 0 Å². The molecular weight excluding hydrogens is 348 g/mol. The first-order valence-electron chi connectivity index (χ1n) is 8.71. The average Bonchev–Trinajstić information content (AvgIpc) is 2.68. The summed E-state index contributed by atoms with van der Waals surface area (Å²) < 4.78 is 5.27. The van der Waals surface area contributed by atoms with E-state index in [-0.39, 0.29) is 18.1 Å². The van der Waals surface area contributed by atoms with Gasteiger partial charge < -0.3 is 15.0 Å². The zero-order valence-electron chi connectivity index (χ0n) is 15.1. The van der Waals surface area contributed by atoms with Crippen LogP contribution in [0.1, 0.15) is 0 Å². The maximum absolute atomic E-state index is 12.2. The normalized spacial score (nSPS) is 14.6. The van der Waals surface area contributed by atoms with Gasteiger partial charge in [0.2, 0.25) is 5.91 Å². The largest absolute Gasteiger partial charge is 0.497 e. The predicted molar refractivity (Wildman–Crippen MR) is 103 cm³/mol. The Morgan fingerprint density at radius 2 is 1.89 bits per heavy atom. The molecule has 0 bridgehead atoms. The third-order valence-electron chi connectivity index (χ3n) is 4.50. The highest BCUT2D eigenvalue weighted by Crippen LogP contribution is 2.22. The van der Waals surface area contributed by atoms with E-state index in [2.05, 4.69) is 15.1 Å². The zero-order valence-corrected chi connectivity index (χ0v) is 15.1. The van der Waals surface area contributed by atoms with Gasteiger partial charge in [-0.3, -0.25) is 19.8 Å². The fourth-order valence-electron chi connectivity index (χ4n) is 3.07. The SMILES string of the molecule is COc1cccc(N2CCN(CC(=O)Nc3cccc([N+](=O)[O-])c3)CC2)c1. The zero-order chi connectivity index (χ0) is 19.2. The molecule has 1 fully saturated rings. The van der Waals surface area contributed by atoms with Gasteiger partial charge in [-0.1, -0.05) is 12.1 Å². The third kappa shape index (κ3) is 4.95. The first-order valence-corrected chi connectivity index (χ1v) is 8.71. The summed E-state index contributed by atoms with van der Waals surface area (Å²) in [4.78, 5) is 26.9.